The largest absolute Gasteiger partial charge is 0.493 e. The number of thioether (sulfide) groups is 1. The summed E-state index contributed by atoms with van der Waals surface area (Å²) in [7, 11) is 1.62. The van der Waals surface area contributed by atoms with Crippen molar-refractivity contribution in [3.63, 3.8) is 0 Å². The van der Waals surface area contributed by atoms with Crippen LogP contribution >= 0.6 is 11.8 Å². The van der Waals surface area contributed by atoms with Crippen molar-refractivity contribution in [3.05, 3.63) is 60.4 Å². The van der Waals surface area contributed by atoms with Crippen LogP contribution in [0, 0.1) is 0 Å². The van der Waals surface area contributed by atoms with E-state index in [4.69, 9.17) is 9.47 Å². The minimum absolute atomic E-state index is 0.0365. The van der Waals surface area contributed by atoms with E-state index in [1.807, 2.05) is 66.1 Å². The lowest BCUT2D eigenvalue weighted by atomic mass is 9.95. The van der Waals surface area contributed by atoms with Crippen molar-refractivity contribution in [1.29, 1.82) is 0 Å². The second kappa shape index (κ2) is 11.2. The molecule has 3 aromatic rings. The van der Waals surface area contributed by atoms with Crippen molar-refractivity contribution in [1.82, 2.24) is 20.1 Å². The van der Waals surface area contributed by atoms with E-state index in [1.54, 1.807) is 7.11 Å². The monoisotopic (exact) mass is 466 g/mol. The number of carbonyl (C=O) groups is 1. The maximum Gasteiger partial charge on any atom is 0.230 e. The SMILES string of the molecule is COc1ccccc1OC(C)c1nnc(SCC(=O)NC2CCCCC2)n1-c1ccccc1. The Bertz CT molecular complexity index is 1050. The minimum Gasteiger partial charge on any atom is -0.493 e. The van der Waals surface area contributed by atoms with Gasteiger partial charge in [0.25, 0.3) is 0 Å². The van der Waals surface area contributed by atoms with Crippen LogP contribution in [-0.4, -0.2) is 39.6 Å². The van der Waals surface area contributed by atoms with Crippen LogP contribution < -0.4 is 14.8 Å². The minimum atomic E-state index is -0.389. The average molecular weight is 467 g/mol. The lowest BCUT2D eigenvalue weighted by Gasteiger charge is -2.22. The second-order valence-corrected chi connectivity index (χ2v) is 9.06. The van der Waals surface area contributed by atoms with Gasteiger partial charge in [-0.1, -0.05) is 61.4 Å². The number of aromatic nitrogens is 3. The predicted molar refractivity (Wildman–Crippen MR) is 129 cm³/mol. The summed E-state index contributed by atoms with van der Waals surface area (Å²) in [5.41, 5.74) is 0.920. The summed E-state index contributed by atoms with van der Waals surface area (Å²) in [6.45, 7) is 1.93. The van der Waals surface area contributed by atoms with E-state index in [9.17, 15) is 4.79 Å². The van der Waals surface area contributed by atoms with Gasteiger partial charge in [-0.2, -0.15) is 0 Å². The fraction of sp³-hybridized carbons (Fsp3) is 0.400. The number of rotatable bonds is 9. The second-order valence-electron chi connectivity index (χ2n) is 8.11. The van der Waals surface area contributed by atoms with E-state index >= 15 is 0 Å². The fourth-order valence-electron chi connectivity index (χ4n) is 4.06. The normalized spacial score (nSPS) is 15.1. The van der Waals surface area contributed by atoms with E-state index in [-0.39, 0.29) is 12.0 Å². The van der Waals surface area contributed by atoms with Crippen LogP contribution in [0.1, 0.15) is 51.0 Å². The number of amides is 1. The molecule has 1 saturated carbocycles. The molecule has 1 unspecified atom stereocenters. The van der Waals surface area contributed by atoms with E-state index in [1.165, 1.54) is 31.0 Å². The third-order valence-corrected chi connectivity index (χ3v) is 6.64. The summed E-state index contributed by atoms with van der Waals surface area (Å²) in [6, 6.07) is 17.7. The number of nitrogens with zero attached hydrogens (tertiary/aromatic N) is 3. The van der Waals surface area contributed by atoms with Crippen LogP contribution in [-0.2, 0) is 4.79 Å². The Morgan fingerprint density at radius 1 is 1.06 bits per heavy atom. The Labute approximate surface area is 198 Å². The molecule has 0 aliphatic heterocycles. The van der Waals surface area contributed by atoms with Crippen LogP contribution in [0.25, 0.3) is 5.69 Å². The summed E-state index contributed by atoms with van der Waals surface area (Å²) >= 11 is 1.39. The summed E-state index contributed by atoms with van der Waals surface area (Å²) in [6.07, 6.45) is 5.39. The Morgan fingerprint density at radius 2 is 1.76 bits per heavy atom. The quantitative estimate of drug-likeness (QED) is 0.449. The standard InChI is InChI=1S/C25H30N4O3S/c1-18(32-22-16-10-9-15-21(22)31-2)24-27-28-25(29(24)20-13-7-4-8-14-20)33-17-23(30)26-19-11-5-3-6-12-19/h4,7-10,13-16,18-19H,3,5-6,11-12,17H2,1-2H3,(H,26,30). The van der Waals surface area contributed by atoms with Crippen LogP contribution in [0.2, 0.25) is 0 Å². The Hall–Kier alpha value is -3.00. The number of carbonyl (C=O) groups excluding carboxylic acids is 1. The molecule has 1 atom stereocenters. The van der Waals surface area contributed by atoms with Gasteiger partial charge in [0.05, 0.1) is 12.9 Å². The Balaban J connectivity index is 1.52. The van der Waals surface area contributed by atoms with Gasteiger partial charge in [-0.25, -0.2) is 0 Å². The highest BCUT2D eigenvalue weighted by Crippen LogP contribution is 2.32. The molecule has 0 spiro atoms. The van der Waals surface area contributed by atoms with Gasteiger partial charge in [-0.15, -0.1) is 10.2 Å². The highest BCUT2D eigenvalue weighted by molar-refractivity contribution is 7.99. The molecule has 0 saturated heterocycles. The summed E-state index contributed by atoms with van der Waals surface area (Å²) in [4.78, 5) is 12.6. The van der Waals surface area contributed by atoms with E-state index in [2.05, 4.69) is 15.5 Å². The topological polar surface area (TPSA) is 78.3 Å². The number of methoxy groups -OCH3 is 1. The molecule has 33 heavy (non-hydrogen) atoms. The lowest BCUT2D eigenvalue weighted by Crippen LogP contribution is -2.37. The maximum absolute atomic E-state index is 12.6. The molecule has 4 rings (SSSR count). The summed E-state index contributed by atoms with van der Waals surface area (Å²) in [5, 5.41) is 12.7. The molecule has 1 aliphatic carbocycles. The molecule has 174 valence electrons. The molecular weight excluding hydrogens is 436 g/mol. The molecule has 1 aliphatic rings. The first kappa shape index (κ1) is 23.2. The van der Waals surface area contributed by atoms with Gasteiger partial charge in [-0.05, 0) is 44.0 Å². The highest BCUT2D eigenvalue weighted by atomic mass is 32.2. The molecule has 7 nitrogen and oxygen atoms in total. The predicted octanol–water partition coefficient (Wildman–Crippen LogP) is 4.96. The van der Waals surface area contributed by atoms with E-state index in [0.717, 1.165) is 18.5 Å². The van der Waals surface area contributed by atoms with Gasteiger partial charge >= 0.3 is 0 Å². The van der Waals surface area contributed by atoms with Crippen LogP contribution in [0.4, 0.5) is 0 Å². The lowest BCUT2D eigenvalue weighted by molar-refractivity contribution is -0.119. The molecule has 1 heterocycles. The van der Waals surface area contributed by atoms with Gasteiger partial charge in [0.15, 0.2) is 28.6 Å². The zero-order valence-corrected chi connectivity index (χ0v) is 19.9. The number of hydrogen-bond donors (Lipinski definition) is 1. The van der Waals surface area contributed by atoms with Crippen LogP contribution in [0.5, 0.6) is 11.5 Å². The number of nitrogens with one attached hydrogen (secondary N) is 1. The van der Waals surface area contributed by atoms with E-state index in [0.29, 0.717) is 34.3 Å². The number of ether oxygens (including phenoxy) is 2. The van der Waals surface area contributed by atoms with Gasteiger partial charge in [-0.3, -0.25) is 9.36 Å². The molecule has 2 aromatic carbocycles. The molecular formula is C25H30N4O3S. The maximum atomic E-state index is 12.6. The van der Waals surface area contributed by atoms with Crippen molar-refractivity contribution >= 4 is 17.7 Å². The number of para-hydroxylation sites is 3. The van der Waals surface area contributed by atoms with Gasteiger partial charge in [0, 0.05) is 11.7 Å². The third kappa shape index (κ3) is 5.87. The highest BCUT2D eigenvalue weighted by Gasteiger charge is 2.23. The molecule has 0 radical (unpaired) electrons. The smallest absolute Gasteiger partial charge is 0.230 e. The zero-order chi connectivity index (χ0) is 23.0. The van der Waals surface area contributed by atoms with Crippen molar-refractivity contribution < 1.29 is 14.3 Å². The third-order valence-electron chi connectivity index (χ3n) is 5.71. The molecule has 1 aromatic heterocycles. The first-order valence-electron chi connectivity index (χ1n) is 11.4. The van der Waals surface area contributed by atoms with Gasteiger partial charge in [0.2, 0.25) is 5.91 Å². The van der Waals surface area contributed by atoms with Crippen molar-refractivity contribution in [2.75, 3.05) is 12.9 Å². The number of benzene rings is 2. The Morgan fingerprint density at radius 3 is 2.48 bits per heavy atom. The Kier molecular flexibility index (Phi) is 7.88. The van der Waals surface area contributed by atoms with Gasteiger partial charge < -0.3 is 14.8 Å². The molecule has 1 fully saturated rings. The zero-order valence-electron chi connectivity index (χ0n) is 19.1. The van der Waals surface area contributed by atoms with Gasteiger partial charge in [0.1, 0.15) is 0 Å². The average Bonchev–Trinajstić information content (AvgIpc) is 3.28. The fourth-order valence-corrected chi connectivity index (χ4v) is 4.83. The molecule has 1 amide bonds. The first-order chi connectivity index (χ1) is 16.2. The van der Waals surface area contributed by atoms with Crippen molar-refractivity contribution in [2.24, 2.45) is 0 Å². The van der Waals surface area contributed by atoms with Crippen LogP contribution in [0.3, 0.4) is 0 Å². The summed E-state index contributed by atoms with van der Waals surface area (Å²) < 4.78 is 13.6. The molecule has 8 heteroatoms. The van der Waals surface area contributed by atoms with E-state index < -0.39 is 0 Å². The summed E-state index contributed by atoms with van der Waals surface area (Å²) in [5.74, 6) is 2.28. The molecule has 1 N–H and O–H groups in total. The van der Waals surface area contributed by atoms with Crippen molar-refractivity contribution in [3.8, 4) is 17.2 Å². The molecule has 0 bridgehead atoms. The number of hydrogen-bond acceptors (Lipinski definition) is 6. The first-order valence-corrected chi connectivity index (χ1v) is 12.4. The van der Waals surface area contributed by atoms with Crippen molar-refractivity contribution in [2.45, 2.75) is 56.3 Å². The van der Waals surface area contributed by atoms with Crippen LogP contribution in [0.15, 0.2) is 59.8 Å².